The molecule has 0 aliphatic carbocycles. The minimum Gasteiger partial charge on any atom is -0.376 e. The summed E-state index contributed by atoms with van der Waals surface area (Å²) in [5, 5.41) is 11.0. The molecule has 0 fully saturated rings. The van der Waals surface area contributed by atoms with Crippen LogP contribution >= 0.6 is 0 Å². The second-order valence-corrected chi connectivity index (χ2v) is 7.71. The summed E-state index contributed by atoms with van der Waals surface area (Å²) in [4.78, 5) is 24.7. The zero-order valence-electron chi connectivity index (χ0n) is 16.4. The number of rotatable bonds is 5. The average molecular weight is 375 g/mol. The Morgan fingerprint density at radius 2 is 1.61 bits per heavy atom. The Kier molecular flexibility index (Phi) is 5.64. The first-order valence-electron chi connectivity index (χ1n) is 9.26. The van der Waals surface area contributed by atoms with Gasteiger partial charge in [0.15, 0.2) is 0 Å². The SMILES string of the molecule is CC(C)(C)NC(=O)c1cccc(NCC(=O)Nc2cccc3ccccc23)c1. The third kappa shape index (κ3) is 5.10. The van der Waals surface area contributed by atoms with E-state index in [4.69, 9.17) is 0 Å². The van der Waals surface area contributed by atoms with Crippen LogP contribution in [0.1, 0.15) is 31.1 Å². The van der Waals surface area contributed by atoms with Crippen LogP contribution in [0, 0.1) is 0 Å². The lowest BCUT2D eigenvalue weighted by atomic mass is 10.1. The first-order chi connectivity index (χ1) is 13.3. The predicted molar refractivity (Wildman–Crippen MR) is 115 cm³/mol. The van der Waals surface area contributed by atoms with Gasteiger partial charge in [0.05, 0.1) is 6.54 Å². The van der Waals surface area contributed by atoms with Crippen molar-refractivity contribution in [3.05, 3.63) is 72.3 Å². The van der Waals surface area contributed by atoms with Crippen LogP contribution in [0.3, 0.4) is 0 Å². The van der Waals surface area contributed by atoms with Crippen LogP contribution < -0.4 is 16.0 Å². The Bertz CT molecular complexity index is 1000. The van der Waals surface area contributed by atoms with Crippen molar-refractivity contribution in [3.8, 4) is 0 Å². The fourth-order valence-corrected chi connectivity index (χ4v) is 2.89. The molecule has 0 saturated carbocycles. The molecule has 0 aliphatic heterocycles. The highest BCUT2D eigenvalue weighted by atomic mass is 16.2. The highest BCUT2D eigenvalue weighted by molar-refractivity contribution is 6.03. The molecule has 144 valence electrons. The van der Waals surface area contributed by atoms with Crippen molar-refractivity contribution in [2.75, 3.05) is 17.2 Å². The Morgan fingerprint density at radius 3 is 2.39 bits per heavy atom. The summed E-state index contributed by atoms with van der Waals surface area (Å²) in [6.07, 6.45) is 0. The average Bonchev–Trinajstić information content (AvgIpc) is 2.66. The summed E-state index contributed by atoms with van der Waals surface area (Å²) in [6, 6.07) is 20.9. The monoisotopic (exact) mass is 375 g/mol. The van der Waals surface area contributed by atoms with Crippen molar-refractivity contribution in [3.63, 3.8) is 0 Å². The number of amides is 2. The molecule has 3 aromatic carbocycles. The van der Waals surface area contributed by atoms with E-state index < -0.39 is 0 Å². The highest BCUT2D eigenvalue weighted by Crippen LogP contribution is 2.22. The van der Waals surface area contributed by atoms with Crippen LogP contribution in [0.4, 0.5) is 11.4 Å². The lowest BCUT2D eigenvalue weighted by molar-refractivity contribution is -0.114. The van der Waals surface area contributed by atoms with Gasteiger partial charge in [-0.15, -0.1) is 0 Å². The highest BCUT2D eigenvalue weighted by Gasteiger charge is 2.15. The van der Waals surface area contributed by atoms with Gasteiger partial charge in [-0.25, -0.2) is 0 Å². The third-order valence-corrected chi connectivity index (χ3v) is 4.13. The fourth-order valence-electron chi connectivity index (χ4n) is 2.89. The van der Waals surface area contributed by atoms with E-state index in [0.717, 1.165) is 22.1 Å². The van der Waals surface area contributed by atoms with E-state index in [9.17, 15) is 9.59 Å². The van der Waals surface area contributed by atoms with Crippen molar-refractivity contribution in [2.45, 2.75) is 26.3 Å². The Morgan fingerprint density at radius 1 is 0.893 bits per heavy atom. The molecule has 0 unspecified atom stereocenters. The van der Waals surface area contributed by atoms with Crippen LogP contribution in [-0.4, -0.2) is 23.9 Å². The maximum Gasteiger partial charge on any atom is 0.251 e. The van der Waals surface area contributed by atoms with E-state index in [1.807, 2.05) is 69.3 Å². The minimum absolute atomic E-state index is 0.105. The third-order valence-electron chi connectivity index (χ3n) is 4.13. The number of fused-ring (bicyclic) bond motifs is 1. The molecule has 5 nitrogen and oxygen atoms in total. The molecule has 0 spiro atoms. The van der Waals surface area contributed by atoms with Gasteiger partial charge in [0.1, 0.15) is 0 Å². The summed E-state index contributed by atoms with van der Waals surface area (Å²) < 4.78 is 0. The molecule has 28 heavy (non-hydrogen) atoms. The number of benzene rings is 3. The molecule has 2 amide bonds. The smallest absolute Gasteiger partial charge is 0.251 e. The van der Waals surface area contributed by atoms with Crippen LogP contribution in [0.2, 0.25) is 0 Å². The number of anilines is 2. The minimum atomic E-state index is -0.307. The quantitative estimate of drug-likeness (QED) is 0.618. The Hall–Kier alpha value is -3.34. The van der Waals surface area contributed by atoms with Crippen LogP contribution in [-0.2, 0) is 4.79 Å². The molecule has 0 radical (unpaired) electrons. The lowest BCUT2D eigenvalue weighted by Gasteiger charge is -2.20. The second-order valence-electron chi connectivity index (χ2n) is 7.71. The molecule has 5 heteroatoms. The maximum absolute atomic E-state index is 12.4. The van der Waals surface area contributed by atoms with Gasteiger partial charge in [-0.1, -0.05) is 42.5 Å². The number of hydrogen-bond donors (Lipinski definition) is 3. The van der Waals surface area contributed by atoms with Gasteiger partial charge < -0.3 is 16.0 Å². The molecule has 0 saturated heterocycles. The molecule has 0 aromatic heterocycles. The molecule has 3 aromatic rings. The molecular weight excluding hydrogens is 350 g/mol. The zero-order valence-corrected chi connectivity index (χ0v) is 16.4. The summed E-state index contributed by atoms with van der Waals surface area (Å²) >= 11 is 0. The molecule has 0 heterocycles. The number of nitrogens with one attached hydrogen (secondary N) is 3. The van der Waals surface area contributed by atoms with E-state index >= 15 is 0 Å². The summed E-state index contributed by atoms with van der Waals surface area (Å²) in [7, 11) is 0. The topological polar surface area (TPSA) is 70.2 Å². The Balaban J connectivity index is 1.63. The van der Waals surface area contributed by atoms with Crippen LogP contribution in [0.5, 0.6) is 0 Å². The summed E-state index contributed by atoms with van der Waals surface area (Å²) in [6.45, 7) is 5.91. The van der Waals surface area contributed by atoms with Crippen molar-refractivity contribution in [1.29, 1.82) is 0 Å². The molecule has 3 rings (SSSR count). The van der Waals surface area contributed by atoms with Gasteiger partial charge in [-0.2, -0.15) is 0 Å². The van der Waals surface area contributed by atoms with Crippen molar-refractivity contribution < 1.29 is 9.59 Å². The second kappa shape index (κ2) is 8.13. The molecule has 0 atom stereocenters. The van der Waals surface area contributed by atoms with Gasteiger partial charge in [0.25, 0.3) is 5.91 Å². The van der Waals surface area contributed by atoms with Gasteiger partial charge in [-0.3, -0.25) is 9.59 Å². The number of hydrogen-bond acceptors (Lipinski definition) is 3. The largest absolute Gasteiger partial charge is 0.376 e. The van der Waals surface area contributed by atoms with E-state index in [-0.39, 0.29) is 23.9 Å². The number of carbonyl (C=O) groups is 2. The molecule has 0 bridgehead atoms. The normalized spacial score (nSPS) is 11.1. The number of carbonyl (C=O) groups excluding carboxylic acids is 2. The van der Waals surface area contributed by atoms with E-state index in [0.29, 0.717) is 5.56 Å². The van der Waals surface area contributed by atoms with Crippen molar-refractivity contribution >= 4 is 34.0 Å². The summed E-state index contributed by atoms with van der Waals surface area (Å²) in [5.41, 5.74) is 1.74. The lowest BCUT2D eigenvalue weighted by Crippen LogP contribution is -2.40. The van der Waals surface area contributed by atoms with Gasteiger partial charge >= 0.3 is 0 Å². The van der Waals surface area contributed by atoms with Gasteiger partial charge in [0, 0.05) is 27.9 Å². The van der Waals surface area contributed by atoms with Crippen LogP contribution in [0.25, 0.3) is 10.8 Å². The molecule has 0 aliphatic rings. The molecular formula is C23H25N3O2. The fraction of sp³-hybridized carbons (Fsp3) is 0.217. The van der Waals surface area contributed by atoms with E-state index in [1.165, 1.54) is 0 Å². The predicted octanol–water partition coefficient (Wildman–Crippen LogP) is 4.42. The molecule has 3 N–H and O–H groups in total. The Labute approximate surface area is 165 Å². The van der Waals surface area contributed by atoms with Crippen LogP contribution in [0.15, 0.2) is 66.7 Å². The maximum atomic E-state index is 12.4. The zero-order chi connectivity index (χ0) is 20.1. The first-order valence-corrected chi connectivity index (χ1v) is 9.26. The standard InChI is InChI=1S/C23H25N3O2/c1-23(2,3)26-22(28)17-10-6-11-18(14-17)24-15-21(27)25-20-13-7-9-16-8-4-5-12-19(16)20/h4-14,24H,15H2,1-3H3,(H,25,27)(H,26,28). The van der Waals surface area contributed by atoms with Crippen molar-refractivity contribution in [2.24, 2.45) is 0 Å². The van der Waals surface area contributed by atoms with Crippen molar-refractivity contribution in [1.82, 2.24) is 5.32 Å². The van der Waals surface area contributed by atoms with Gasteiger partial charge in [-0.05, 0) is 50.4 Å². The first kappa shape index (κ1) is 19.4. The summed E-state index contributed by atoms with van der Waals surface area (Å²) in [5.74, 6) is -0.294. The van der Waals surface area contributed by atoms with E-state index in [1.54, 1.807) is 18.2 Å². The van der Waals surface area contributed by atoms with E-state index in [2.05, 4.69) is 16.0 Å². The van der Waals surface area contributed by atoms with Gasteiger partial charge in [0.2, 0.25) is 5.91 Å².